The summed E-state index contributed by atoms with van der Waals surface area (Å²) < 4.78 is 10.0. The van der Waals surface area contributed by atoms with Crippen LogP contribution >= 0.6 is 11.6 Å². The number of carbonyl (C=O) groups excluding carboxylic acids is 1. The molecule has 0 atom stereocenters. The Morgan fingerprint density at radius 3 is 2.61 bits per heavy atom. The van der Waals surface area contributed by atoms with E-state index in [9.17, 15) is 4.79 Å². The zero-order chi connectivity index (χ0) is 13.3. The van der Waals surface area contributed by atoms with Crippen molar-refractivity contribution in [2.75, 3.05) is 5.32 Å². The van der Waals surface area contributed by atoms with E-state index in [4.69, 9.17) is 20.5 Å². The van der Waals surface area contributed by atoms with E-state index < -0.39 is 5.91 Å². The number of halogens is 1. The van der Waals surface area contributed by atoms with E-state index in [1.54, 1.807) is 6.07 Å². The van der Waals surface area contributed by atoms with E-state index in [1.807, 2.05) is 20.8 Å². The molecule has 5 nitrogen and oxygen atoms in total. The Kier molecular flexibility index (Phi) is 3.17. The van der Waals surface area contributed by atoms with E-state index >= 15 is 0 Å². The lowest BCUT2D eigenvalue weighted by atomic mass is 9.92. The maximum Gasteiger partial charge on any atom is 0.293 e. The minimum atomic E-state index is -0.432. The van der Waals surface area contributed by atoms with Crippen molar-refractivity contribution in [3.8, 4) is 0 Å². The van der Waals surface area contributed by atoms with Crippen molar-refractivity contribution in [1.29, 1.82) is 0 Å². The summed E-state index contributed by atoms with van der Waals surface area (Å²) in [6.45, 7) is 6.01. The molecule has 2 aromatic rings. The molecule has 0 aromatic carbocycles. The predicted octanol–water partition coefficient (Wildman–Crippen LogP) is 3.47. The van der Waals surface area contributed by atoms with Gasteiger partial charge in [-0.05, 0) is 23.7 Å². The lowest BCUT2D eigenvalue weighted by Gasteiger charge is -2.12. The molecular formula is C12H13ClN2O3. The first-order chi connectivity index (χ1) is 8.36. The molecule has 0 aliphatic carbocycles. The number of nitrogens with zero attached hydrogens (tertiary/aromatic N) is 1. The summed E-state index contributed by atoms with van der Waals surface area (Å²) in [5.41, 5.74) is 0.621. The van der Waals surface area contributed by atoms with Gasteiger partial charge in [-0.2, -0.15) is 0 Å². The van der Waals surface area contributed by atoms with Crippen LogP contribution in [0.15, 0.2) is 27.1 Å². The molecule has 0 spiro atoms. The molecule has 0 radical (unpaired) electrons. The van der Waals surface area contributed by atoms with Gasteiger partial charge in [-0.15, -0.1) is 0 Å². The Morgan fingerprint density at radius 2 is 2.11 bits per heavy atom. The second-order valence-corrected chi connectivity index (χ2v) is 5.26. The standard InChI is InChI=1S/C12H13ClN2O3/c1-12(2,3)8-6-10(18-15-8)14-11(16)7-4-5-9(13)17-7/h4-6H,1-3H3,(H,14,16). The van der Waals surface area contributed by atoms with Crippen molar-refractivity contribution >= 4 is 23.4 Å². The number of carbonyl (C=O) groups is 1. The average Bonchev–Trinajstić information content (AvgIpc) is 2.85. The summed E-state index contributed by atoms with van der Waals surface area (Å²) in [4.78, 5) is 11.7. The smallest absolute Gasteiger partial charge is 0.293 e. The minimum Gasteiger partial charge on any atom is -0.440 e. The van der Waals surface area contributed by atoms with E-state index in [2.05, 4.69) is 10.5 Å². The van der Waals surface area contributed by atoms with Crippen molar-refractivity contribution in [2.45, 2.75) is 26.2 Å². The summed E-state index contributed by atoms with van der Waals surface area (Å²) in [7, 11) is 0. The molecule has 0 saturated heterocycles. The van der Waals surface area contributed by atoms with Gasteiger partial charge in [0.1, 0.15) is 0 Å². The number of hydrogen-bond donors (Lipinski definition) is 1. The number of rotatable bonds is 2. The topological polar surface area (TPSA) is 68.3 Å². The van der Waals surface area contributed by atoms with E-state index in [-0.39, 0.29) is 22.3 Å². The van der Waals surface area contributed by atoms with Gasteiger partial charge < -0.3 is 8.94 Å². The summed E-state index contributed by atoms with van der Waals surface area (Å²) in [5, 5.41) is 6.60. The second kappa shape index (κ2) is 4.49. The molecule has 0 saturated carbocycles. The van der Waals surface area contributed by atoms with Crippen LogP contribution in [0.2, 0.25) is 5.22 Å². The number of nitrogens with one attached hydrogen (secondary N) is 1. The fraction of sp³-hybridized carbons (Fsp3) is 0.333. The van der Waals surface area contributed by atoms with Crippen LogP contribution in [0.1, 0.15) is 37.0 Å². The Morgan fingerprint density at radius 1 is 1.39 bits per heavy atom. The zero-order valence-corrected chi connectivity index (χ0v) is 11.0. The largest absolute Gasteiger partial charge is 0.440 e. The highest BCUT2D eigenvalue weighted by molar-refractivity contribution is 6.29. The van der Waals surface area contributed by atoms with Gasteiger partial charge in [0.05, 0.1) is 5.69 Å². The number of hydrogen-bond acceptors (Lipinski definition) is 4. The summed E-state index contributed by atoms with van der Waals surface area (Å²) in [5.74, 6) is -0.0373. The molecule has 0 bridgehead atoms. The normalized spacial score (nSPS) is 11.6. The number of amides is 1. The van der Waals surface area contributed by atoms with Crippen LogP contribution in [0.3, 0.4) is 0 Å². The highest BCUT2D eigenvalue weighted by atomic mass is 35.5. The monoisotopic (exact) mass is 268 g/mol. The molecule has 6 heteroatoms. The van der Waals surface area contributed by atoms with E-state index in [1.165, 1.54) is 12.1 Å². The zero-order valence-electron chi connectivity index (χ0n) is 10.3. The van der Waals surface area contributed by atoms with Crippen LogP contribution in [0.5, 0.6) is 0 Å². The second-order valence-electron chi connectivity index (χ2n) is 4.88. The summed E-state index contributed by atoms with van der Waals surface area (Å²) in [6.07, 6.45) is 0. The van der Waals surface area contributed by atoms with Crippen molar-refractivity contribution in [1.82, 2.24) is 5.16 Å². The van der Waals surface area contributed by atoms with Crippen LogP contribution in [-0.2, 0) is 5.41 Å². The quantitative estimate of drug-likeness (QED) is 0.905. The number of anilines is 1. The summed E-state index contributed by atoms with van der Waals surface area (Å²) >= 11 is 5.59. The van der Waals surface area contributed by atoms with Crippen LogP contribution < -0.4 is 5.32 Å². The number of furan rings is 1. The highest BCUT2D eigenvalue weighted by Gasteiger charge is 2.20. The Bertz CT molecular complexity index is 566. The van der Waals surface area contributed by atoms with Gasteiger partial charge in [0.25, 0.3) is 5.91 Å². The molecule has 0 aliphatic rings. The van der Waals surface area contributed by atoms with Gasteiger partial charge in [-0.25, -0.2) is 0 Å². The minimum absolute atomic E-state index is 0.119. The predicted molar refractivity (Wildman–Crippen MR) is 66.9 cm³/mol. The third kappa shape index (κ3) is 2.73. The Labute approximate surface area is 109 Å². The van der Waals surface area contributed by atoms with Gasteiger partial charge in [0.15, 0.2) is 11.0 Å². The fourth-order valence-corrected chi connectivity index (χ4v) is 1.44. The maximum atomic E-state index is 11.7. The highest BCUT2D eigenvalue weighted by Crippen LogP contribution is 2.24. The SMILES string of the molecule is CC(C)(C)c1cc(NC(=O)c2ccc(Cl)o2)on1. The first-order valence-corrected chi connectivity index (χ1v) is 5.78. The molecule has 2 aromatic heterocycles. The van der Waals surface area contributed by atoms with E-state index in [0.29, 0.717) is 0 Å². The molecule has 96 valence electrons. The van der Waals surface area contributed by atoms with Crippen LogP contribution in [0.25, 0.3) is 0 Å². The summed E-state index contributed by atoms with van der Waals surface area (Å²) in [6, 6.07) is 4.67. The van der Waals surface area contributed by atoms with Gasteiger partial charge in [-0.1, -0.05) is 25.9 Å². The van der Waals surface area contributed by atoms with Crippen LogP contribution in [0.4, 0.5) is 5.88 Å². The van der Waals surface area contributed by atoms with Crippen LogP contribution in [-0.4, -0.2) is 11.1 Å². The molecule has 18 heavy (non-hydrogen) atoms. The van der Waals surface area contributed by atoms with E-state index in [0.717, 1.165) is 5.69 Å². The molecule has 0 fully saturated rings. The number of aromatic nitrogens is 1. The first-order valence-electron chi connectivity index (χ1n) is 5.40. The average molecular weight is 269 g/mol. The van der Waals surface area contributed by atoms with Gasteiger partial charge >= 0.3 is 0 Å². The maximum absolute atomic E-state index is 11.7. The molecule has 2 heterocycles. The van der Waals surface area contributed by atoms with Crippen molar-refractivity contribution < 1.29 is 13.7 Å². The third-order valence-corrected chi connectivity index (χ3v) is 2.52. The lowest BCUT2D eigenvalue weighted by Crippen LogP contribution is -2.12. The third-order valence-electron chi connectivity index (χ3n) is 2.31. The molecule has 1 N–H and O–H groups in total. The van der Waals surface area contributed by atoms with Crippen molar-refractivity contribution in [3.05, 3.63) is 34.9 Å². The van der Waals surface area contributed by atoms with Crippen molar-refractivity contribution in [3.63, 3.8) is 0 Å². The molecule has 0 aliphatic heterocycles. The van der Waals surface area contributed by atoms with Gasteiger partial charge in [0.2, 0.25) is 5.88 Å². The Balaban J connectivity index is 2.10. The fourth-order valence-electron chi connectivity index (χ4n) is 1.30. The molecule has 2 rings (SSSR count). The molecular weight excluding hydrogens is 256 g/mol. The molecule has 1 amide bonds. The van der Waals surface area contributed by atoms with Crippen LogP contribution in [0, 0.1) is 0 Å². The Hall–Kier alpha value is -1.75. The first kappa shape index (κ1) is 12.7. The van der Waals surface area contributed by atoms with Gasteiger partial charge in [-0.3, -0.25) is 10.1 Å². The molecule has 0 unspecified atom stereocenters. The van der Waals surface area contributed by atoms with Gasteiger partial charge in [0, 0.05) is 11.5 Å². The van der Waals surface area contributed by atoms with Crippen molar-refractivity contribution in [2.24, 2.45) is 0 Å². The lowest BCUT2D eigenvalue weighted by molar-refractivity contribution is 0.0993.